The molecule has 1 fully saturated rings. The number of hydrogen-bond donors (Lipinski definition) is 1. The van der Waals surface area contributed by atoms with Crippen LogP contribution in [0.3, 0.4) is 0 Å². The zero-order valence-electron chi connectivity index (χ0n) is 15.6. The molecule has 2 heterocycles. The van der Waals surface area contributed by atoms with E-state index in [9.17, 15) is 14.0 Å². The van der Waals surface area contributed by atoms with E-state index < -0.39 is 0 Å². The van der Waals surface area contributed by atoms with E-state index in [4.69, 9.17) is 0 Å². The van der Waals surface area contributed by atoms with Crippen molar-refractivity contribution in [2.45, 2.75) is 18.9 Å². The number of H-pyrrole nitrogens is 1. The van der Waals surface area contributed by atoms with Gasteiger partial charge in [0.1, 0.15) is 11.6 Å². The number of carbonyl (C=O) groups excluding carboxylic acids is 2. The predicted octanol–water partition coefficient (Wildman–Crippen LogP) is 2.68. The zero-order valence-corrected chi connectivity index (χ0v) is 15.6. The Morgan fingerprint density at radius 3 is 2.86 bits per heavy atom. The first-order valence-corrected chi connectivity index (χ1v) is 9.20. The van der Waals surface area contributed by atoms with Crippen LogP contribution >= 0.6 is 0 Å². The highest BCUT2D eigenvalue weighted by Gasteiger charge is 2.32. The molecule has 1 unspecified atom stereocenters. The van der Waals surface area contributed by atoms with E-state index in [-0.39, 0.29) is 36.6 Å². The Morgan fingerprint density at radius 2 is 2.07 bits per heavy atom. The maximum atomic E-state index is 13.3. The molecule has 0 radical (unpaired) electrons. The smallest absolute Gasteiger partial charge is 0.242 e. The topological polar surface area (TPSA) is 69.3 Å². The van der Waals surface area contributed by atoms with Gasteiger partial charge < -0.3 is 14.8 Å². The molecule has 3 aromatic rings. The number of nitrogens with one attached hydrogen (secondary N) is 1. The molecule has 1 aromatic heterocycles. The average Bonchev–Trinajstić information content (AvgIpc) is 3.25. The fourth-order valence-corrected chi connectivity index (χ4v) is 3.58. The van der Waals surface area contributed by atoms with E-state index >= 15 is 0 Å². The van der Waals surface area contributed by atoms with Crippen LogP contribution in [-0.4, -0.2) is 51.7 Å². The van der Waals surface area contributed by atoms with E-state index in [0.29, 0.717) is 29.8 Å². The van der Waals surface area contributed by atoms with E-state index in [2.05, 4.69) is 9.97 Å². The van der Waals surface area contributed by atoms with E-state index in [0.717, 1.165) is 5.56 Å². The molecule has 6 nitrogen and oxygen atoms in total. The SMILES string of the molecule is CN(Cc1nc2ccc(F)cc2[nH]1)C(=O)CN1CC(c2ccccc2)CC1=O. The summed E-state index contributed by atoms with van der Waals surface area (Å²) >= 11 is 0. The fourth-order valence-electron chi connectivity index (χ4n) is 3.58. The summed E-state index contributed by atoms with van der Waals surface area (Å²) in [7, 11) is 1.67. The number of imidazole rings is 1. The summed E-state index contributed by atoms with van der Waals surface area (Å²) in [5.74, 6) is 0.194. The second-order valence-corrected chi connectivity index (χ2v) is 7.18. The van der Waals surface area contributed by atoms with Gasteiger partial charge in [0, 0.05) is 25.9 Å². The van der Waals surface area contributed by atoms with Gasteiger partial charge in [-0.1, -0.05) is 30.3 Å². The number of hydrogen-bond acceptors (Lipinski definition) is 3. The monoisotopic (exact) mass is 380 g/mol. The molecule has 2 amide bonds. The molecular weight excluding hydrogens is 359 g/mol. The number of likely N-dealkylation sites (tertiary alicyclic amines) is 1. The van der Waals surface area contributed by atoms with Crippen molar-refractivity contribution in [3.63, 3.8) is 0 Å². The van der Waals surface area contributed by atoms with Gasteiger partial charge in [-0.3, -0.25) is 9.59 Å². The third-order valence-corrected chi connectivity index (χ3v) is 5.12. The number of rotatable bonds is 5. The number of halogens is 1. The quantitative estimate of drug-likeness (QED) is 0.740. The Labute approximate surface area is 162 Å². The van der Waals surface area contributed by atoms with Crippen molar-refractivity contribution in [1.29, 1.82) is 0 Å². The Kier molecular flexibility index (Phi) is 4.81. The van der Waals surface area contributed by atoms with Gasteiger partial charge in [0.05, 0.1) is 24.1 Å². The molecule has 2 aromatic carbocycles. The highest BCUT2D eigenvalue weighted by Crippen LogP contribution is 2.27. The van der Waals surface area contributed by atoms with Gasteiger partial charge in [-0.2, -0.15) is 0 Å². The van der Waals surface area contributed by atoms with Crippen molar-refractivity contribution in [3.8, 4) is 0 Å². The molecule has 1 aliphatic heterocycles. The fraction of sp³-hybridized carbons (Fsp3) is 0.286. The lowest BCUT2D eigenvalue weighted by molar-refractivity contribution is -0.137. The van der Waals surface area contributed by atoms with E-state index in [1.54, 1.807) is 18.0 Å². The van der Waals surface area contributed by atoms with Crippen molar-refractivity contribution in [2.75, 3.05) is 20.1 Å². The van der Waals surface area contributed by atoms with Crippen molar-refractivity contribution >= 4 is 22.8 Å². The van der Waals surface area contributed by atoms with Crippen molar-refractivity contribution in [3.05, 3.63) is 65.7 Å². The van der Waals surface area contributed by atoms with E-state index in [1.165, 1.54) is 17.0 Å². The molecule has 1 aliphatic rings. The summed E-state index contributed by atoms with van der Waals surface area (Å²) in [5.41, 5.74) is 2.36. The van der Waals surface area contributed by atoms with Gasteiger partial charge in [-0.25, -0.2) is 9.37 Å². The van der Waals surface area contributed by atoms with Crippen LogP contribution < -0.4 is 0 Å². The number of fused-ring (bicyclic) bond motifs is 1. The first kappa shape index (κ1) is 18.2. The summed E-state index contributed by atoms with van der Waals surface area (Å²) in [6.45, 7) is 0.860. The van der Waals surface area contributed by atoms with Gasteiger partial charge in [-0.15, -0.1) is 0 Å². The van der Waals surface area contributed by atoms with Crippen molar-refractivity contribution in [1.82, 2.24) is 19.8 Å². The number of likely N-dealkylation sites (N-methyl/N-ethyl adjacent to an activating group) is 1. The molecule has 0 saturated carbocycles. The van der Waals surface area contributed by atoms with Gasteiger partial charge in [0.15, 0.2) is 0 Å². The van der Waals surface area contributed by atoms with Crippen LogP contribution in [0.1, 0.15) is 23.7 Å². The first-order valence-electron chi connectivity index (χ1n) is 9.20. The molecule has 0 aliphatic carbocycles. The Bertz CT molecular complexity index is 1020. The summed E-state index contributed by atoms with van der Waals surface area (Å²) in [6.07, 6.45) is 0.427. The van der Waals surface area contributed by atoms with Crippen molar-refractivity contribution in [2.24, 2.45) is 0 Å². The largest absolute Gasteiger partial charge is 0.340 e. The van der Waals surface area contributed by atoms with Crippen molar-refractivity contribution < 1.29 is 14.0 Å². The maximum Gasteiger partial charge on any atom is 0.242 e. The molecule has 1 saturated heterocycles. The van der Waals surface area contributed by atoms with Crippen LogP contribution in [0.15, 0.2) is 48.5 Å². The molecule has 1 N–H and O–H groups in total. The number of nitrogens with zero attached hydrogens (tertiary/aromatic N) is 3. The lowest BCUT2D eigenvalue weighted by Crippen LogP contribution is -2.39. The molecule has 28 heavy (non-hydrogen) atoms. The van der Waals surface area contributed by atoms with Gasteiger partial charge in [-0.05, 0) is 23.8 Å². The second-order valence-electron chi connectivity index (χ2n) is 7.18. The highest BCUT2D eigenvalue weighted by atomic mass is 19.1. The maximum absolute atomic E-state index is 13.3. The summed E-state index contributed by atoms with van der Waals surface area (Å²) in [6, 6.07) is 14.2. The lowest BCUT2D eigenvalue weighted by atomic mass is 9.99. The highest BCUT2D eigenvalue weighted by molar-refractivity contribution is 5.86. The molecule has 1 atom stereocenters. The third kappa shape index (κ3) is 3.74. The Hall–Kier alpha value is -3.22. The summed E-state index contributed by atoms with van der Waals surface area (Å²) in [4.78, 5) is 35.5. The number of aromatic nitrogens is 2. The minimum absolute atomic E-state index is 0.00480. The van der Waals surface area contributed by atoms with Crippen LogP contribution in [0.2, 0.25) is 0 Å². The molecule has 0 spiro atoms. The van der Waals surface area contributed by atoms with Gasteiger partial charge in [0.2, 0.25) is 11.8 Å². The Morgan fingerprint density at radius 1 is 1.29 bits per heavy atom. The van der Waals surface area contributed by atoms with Crippen LogP contribution in [0.4, 0.5) is 4.39 Å². The first-order chi connectivity index (χ1) is 13.5. The zero-order chi connectivity index (χ0) is 19.7. The van der Waals surface area contributed by atoms with Crippen LogP contribution in [0.25, 0.3) is 11.0 Å². The minimum Gasteiger partial charge on any atom is -0.340 e. The van der Waals surface area contributed by atoms with Crippen LogP contribution in [0, 0.1) is 5.82 Å². The second kappa shape index (κ2) is 7.42. The standard InChI is InChI=1S/C21H21FN4O2/c1-25(12-19-23-17-8-7-16(22)10-18(17)24-19)21(28)13-26-11-15(9-20(26)27)14-5-3-2-4-6-14/h2-8,10,15H,9,11-13H2,1H3,(H,23,24). The number of aromatic amines is 1. The summed E-state index contributed by atoms with van der Waals surface area (Å²) < 4.78 is 13.3. The van der Waals surface area contributed by atoms with Gasteiger partial charge >= 0.3 is 0 Å². The number of amides is 2. The summed E-state index contributed by atoms with van der Waals surface area (Å²) in [5, 5.41) is 0. The average molecular weight is 380 g/mol. The predicted molar refractivity (Wildman–Crippen MR) is 103 cm³/mol. The normalized spacial score (nSPS) is 16.7. The Balaban J connectivity index is 1.38. The van der Waals surface area contributed by atoms with Crippen LogP contribution in [-0.2, 0) is 16.1 Å². The molecule has 144 valence electrons. The van der Waals surface area contributed by atoms with E-state index in [1.807, 2.05) is 30.3 Å². The van der Waals surface area contributed by atoms with Gasteiger partial charge in [0.25, 0.3) is 0 Å². The molecule has 0 bridgehead atoms. The minimum atomic E-state index is -0.340. The third-order valence-electron chi connectivity index (χ3n) is 5.12. The number of carbonyl (C=O) groups is 2. The molecule has 4 rings (SSSR count). The molecule has 7 heteroatoms. The number of benzene rings is 2. The van der Waals surface area contributed by atoms with Crippen LogP contribution in [0.5, 0.6) is 0 Å². The molecular formula is C21H21FN4O2. The lowest BCUT2D eigenvalue weighted by Gasteiger charge is -2.21.